The molecule has 0 aliphatic rings. The van der Waals surface area contributed by atoms with Crippen molar-refractivity contribution >= 4 is 11.5 Å². The van der Waals surface area contributed by atoms with Gasteiger partial charge in [0.05, 0.1) is 12.0 Å². The van der Waals surface area contributed by atoms with Crippen LogP contribution in [0.3, 0.4) is 0 Å². The van der Waals surface area contributed by atoms with Crippen LogP contribution in [-0.4, -0.2) is 23.6 Å². The SMILES string of the molecule is CCN(Cc1ccc(OC)cc1)c1ccc([N+](=O)[O-])c(C)n1. The predicted molar refractivity (Wildman–Crippen MR) is 85.3 cm³/mol. The highest BCUT2D eigenvalue weighted by Gasteiger charge is 2.14. The number of hydrogen-bond acceptors (Lipinski definition) is 5. The fraction of sp³-hybridized carbons (Fsp3) is 0.312. The average molecular weight is 301 g/mol. The zero-order valence-corrected chi connectivity index (χ0v) is 12.9. The van der Waals surface area contributed by atoms with Gasteiger partial charge in [-0.25, -0.2) is 4.98 Å². The van der Waals surface area contributed by atoms with Crippen molar-refractivity contribution in [1.82, 2.24) is 4.98 Å². The van der Waals surface area contributed by atoms with Crippen molar-refractivity contribution in [1.29, 1.82) is 0 Å². The van der Waals surface area contributed by atoms with Crippen LogP contribution in [0, 0.1) is 17.0 Å². The summed E-state index contributed by atoms with van der Waals surface area (Å²) in [6.45, 7) is 5.13. The number of aromatic nitrogens is 1. The molecule has 22 heavy (non-hydrogen) atoms. The first-order valence-electron chi connectivity index (χ1n) is 7.05. The topological polar surface area (TPSA) is 68.5 Å². The first-order chi connectivity index (χ1) is 10.5. The third-order valence-electron chi connectivity index (χ3n) is 3.48. The molecule has 0 amide bonds. The van der Waals surface area contributed by atoms with Gasteiger partial charge < -0.3 is 9.64 Å². The molecule has 1 heterocycles. The number of hydrogen-bond donors (Lipinski definition) is 0. The lowest BCUT2D eigenvalue weighted by Gasteiger charge is -2.22. The van der Waals surface area contributed by atoms with E-state index in [1.54, 1.807) is 20.1 Å². The van der Waals surface area contributed by atoms with E-state index < -0.39 is 4.92 Å². The van der Waals surface area contributed by atoms with E-state index in [9.17, 15) is 10.1 Å². The monoisotopic (exact) mass is 301 g/mol. The molecular weight excluding hydrogens is 282 g/mol. The molecule has 2 aromatic rings. The van der Waals surface area contributed by atoms with E-state index in [1.807, 2.05) is 31.2 Å². The highest BCUT2D eigenvalue weighted by molar-refractivity contribution is 5.47. The maximum Gasteiger partial charge on any atom is 0.290 e. The molecule has 116 valence electrons. The molecule has 0 N–H and O–H groups in total. The Morgan fingerprint density at radius 1 is 1.23 bits per heavy atom. The summed E-state index contributed by atoms with van der Waals surface area (Å²) < 4.78 is 5.15. The average Bonchev–Trinajstić information content (AvgIpc) is 2.52. The second kappa shape index (κ2) is 6.89. The van der Waals surface area contributed by atoms with Crippen LogP contribution in [-0.2, 0) is 6.54 Å². The zero-order chi connectivity index (χ0) is 16.1. The Balaban J connectivity index is 2.20. The molecule has 0 spiro atoms. The number of pyridine rings is 1. The van der Waals surface area contributed by atoms with Gasteiger partial charge >= 0.3 is 0 Å². The van der Waals surface area contributed by atoms with Crippen molar-refractivity contribution in [3.8, 4) is 5.75 Å². The van der Waals surface area contributed by atoms with Gasteiger partial charge in [0.25, 0.3) is 5.69 Å². The molecule has 0 bridgehead atoms. The van der Waals surface area contributed by atoms with E-state index >= 15 is 0 Å². The fourth-order valence-corrected chi connectivity index (χ4v) is 2.22. The number of benzene rings is 1. The van der Waals surface area contributed by atoms with Crippen molar-refractivity contribution in [2.75, 3.05) is 18.6 Å². The van der Waals surface area contributed by atoms with Crippen molar-refractivity contribution < 1.29 is 9.66 Å². The van der Waals surface area contributed by atoms with Crippen LogP contribution < -0.4 is 9.64 Å². The van der Waals surface area contributed by atoms with Gasteiger partial charge in [0.2, 0.25) is 0 Å². The number of nitro groups is 1. The number of nitrogens with zero attached hydrogens (tertiary/aromatic N) is 3. The molecule has 0 saturated heterocycles. The van der Waals surface area contributed by atoms with E-state index in [0.29, 0.717) is 12.2 Å². The first-order valence-corrected chi connectivity index (χ1v) is 7.05. The van der Waals surface area contributed by atoms with Gasteiger partial charge in [-0.2, -0.15) is 0 Å². The van der Waals surface area contributed by atoms with Crippen LogP contribution in [0.15, 0.2) is 36.4 Å². The number of anilines is 1. The van der Waals surface area contributed by atoms with Crippen molar-refractivity contribution in [2.45, 2.75) is 20.4 Å². The minimum atomic E-state index is -0.411. The van der Waals surface area contributed by atoms with E-state index in [-0.39, 0.29) is 5.69 Å². The second-order valence-electron chi connectivity index (χ2n) is 4.89. The first kappa shape index (κ1) is 15.8. The van der Waals surface area contributed by atoms with Crippen LogP contribution in [0.5, 0.6) is 5.75 Å². The highest BCUT2D eigenvalue weighted by atomic mass is 16.6. The van der Waals surface area contributed by atoms with Gasteiger partial charge in [0.15, 0.2) is 0 Å². The third-order valence-corrected chi connectivity index (χ3v) is 3.48. The van der Waals surface area contributed by atoms with Crippen molar-refractivity contribution in [3.63, 3.8) is 0 Å². The molecule has 0 radical (unpaired) electrons. The summed E-state index contributed by atoms with van der Waals surface area (Å²) in [7, 11) is 1.64. The number of methoxy groups -OCH3 is 1. The summed E-state index contributed by atoms with van der Waals surface area (Å²) in [6.07, 6.45) is 0. The quantitative estimate of drug-likeness (QED) is 0.604. The molecule has 1 aromatic heterocycles. The maximum atomic E-state index is 10.9. The highest BCUT2D eigenvalue weighted by Crippen LogP contribution is 2.22. The van der Waals surface area contributed by atoms with Gasteiger partial charge in [0.1, 0.15) is 17.3 Å². The molecular formula is C16H19N3O3. The molecule has 0 saturated carbocycles. The molecule has 6 nitrogen and oxygen atoms in total. The summed E-state index contributed by atoms with van der Waals surface area (Å²) in [5.74, 6) is 1.55. The molecule has 1 aromatic carbocycles. The Bertz CT molecular complexity index is 656. The summed E-state index contributed by atoms with van der Waals surface area (Å²) in [4.78, 5) is 16.9. The summed E-state index contributed by atoms with van der Waals surface area (Å²) in [5, 5.41) is 10.9. The Morgan fingerprint density at radius 2 is 1.91 bits per heavy atom. The standard InChI is InChI=1S/C16H19N3O3/c1-4-18(11-13-5-7-14(22-3)8-6-13)16-10-9-15(19(20)21)12(2)17-16/h5-10H,4,11H2,1-3H3. The van der Waals surface area contributed by atoms with Gasteiger partial charge in [-0.1, -0.05) is 12.1 Å². The lowest BCUT2D eigenvalue weighted by molar-refractivity contribution is -0.385. The summed E-state index contributed by atoms with van der Waals surface area (Å²) >= 11 is 0. The van der Waals surface area contributed by atoms with Gasteiger partial charge in [-0.05, 0) is 37.6 Å². The molecule has 0 fully saturated rings. The lowest BCUT2D eigenvalue weighted by atomic mass is 10.2. The van der Waals surface area contributed by atoms with Crippen LogP contribution in [0.4, 0.5) is 11.5 Å². The van der Waals surface area contributed by atoms with Crippen LogP contribution in [0.25, 0.3) is 0 Å². The Hall–Kier alpha value is -2.63. The molecule has 0 unspecified atom stereocenters. The fourth-order valence-electron chi connectivity index (χ4n) is 2.22. The van der Waals surface area contributed by atoms with Gasteiger partial charge in [-0.3, -0.25) is 10.1 Å². The van der Waals surface area contributed by atoms with Crippen LogP contribution >= 0.6 is 0 Å². The molecule has 0 atom stereocenters. The van der Waals surface area contributed by atoms with Crippen molar-refractivity contribution in [2.24, 2.45) is 0 Å². The third kappa shape index (κ3) is 3.52. The van der Waals surface area contributed by atoms with Gasteiger partial charge in [0, 0.05) is 19.2 Å². The summed E-state index contributed by atoms with van der Waals surface area (Å²) in [5.41, 5.74) is 1.60. The predicted octanol–water partition coefficient (Wildman–Crippen LogP) is 3.33. The maximum absolute atomic E-state index is 10.9. The minimum Gasteiger partial charge on any atom is -0.497 e. The smallest absolute Gasteiger partial charge is 0.290 e. The number of aryl methyl sites for hydroxylation is 1. The molecule has 6 heteroatoms. The lowest BCUT2D eigenvalue weighted by Crippen LogP contribution is -2.23. The van der Waals surface area contributed by atoms with Crippen LogP contribution in [0.1, 0.15) is 18.2 Å². The van der Waals surface area contributed by atoms with E-state index in [1.165, 1.54) is 6.07 Å². The number of rotatable bonds is 6. The summed E-state index contributed by atoms with van der Waals surface area (Å²) in [6, 6.07) is 11.0. The minimum absolute atomic E-state index is 0.0456. The normalized spacial score (nSPS) is 10.3. The Labute approximate surface area is 129 Å². The van der Waals surface area contributed by atoms with Crippen molar-refractivity contribution in [3.05, 3.63) is 57.8 Å². The van der Waals surface area contributed by atoms with E-state index in [2.05, 4.69) is 9.88 Å². The molecule has 2 rings (SSSR count). The van der Waals surface area contributed by atoms with Gasteiger partial charge in [-0.15, -0.1) is 0 Å². The molecule has 0 aliphatic heterocycles. The molecule has 0 aliphatic carbocycles. The largest absolute Gasteiger partial charge is 0.497 e. The number of ether oxygens (including phenoxy) is 1. The zero-order valence-electron chi connectivity index (χ0n) is 12.9. The second-order valence-corrected chi connectivity index (χ2v) is 4.89. The Morgan fingerprint density at radius 3 is 2.41 bits per heavy atom. The Kier molecular flexibility index (Phi) is 4.93. The van der Waals surface area contributed by atoms with E-state index in [4.69, 9.17) is 4.74 Å². The van der Waals surface area contributed by atoms with E-state index in [0.717, 1.165) is 23.7 Å². The van der Waals surface area contributed by atoms with Crippen LogP contribution in [0.2, 0.25) is 0 Å².